The summed E-state index contributed by atoms with van der Waals surface area (Å²) in [5, 5.41) is 12.6. The number of aliphatic hydroxyl groups excluding tert-OH is 1. The van der Waals surface area contributed by atoms with Gasteiger partial charge < -0.3 is 15.2 Å². The van der Waals surface area contributed by atoms with Gasteiger partial charge in [0.1, 0.15) is 5.75 Å². The van der Waals surface area contributed by atoms with Gasteiger partial charge >= 0.3 is 0 Å². The first-order valence-corrected chi connectivity index (χ1v) is 11.0. The normalized spacial score (nSPS) is 17.7. The molecule has 0 saturated heterocycles. The first-order valence-electron chi connectivity index (χ1n) is 9.32. The van der Waals surface area contributed by atoms with Crippen LogP contribution >= 0.6 is 0 Å². The number of methoxy groups -OCH3 is 1. The van der Waals surface area contributed by atoms with Crippen LogP contribution in [0.25, 0.3) is 0 Å². The standard InChI is InChI=1S/C19H30N2O5S/c1-15(18(23)20-13-19(14-22)9-4-3-5-10-19)12-27(24,25)21-16-7-6-8-17(11-16)26-2/h6-8,11,15,21-22H,3-5,9-10,12-14H2,1-2H3,(H,20,23). The molecule has 0 aromatic heterocycles. The highest BCUT2D eigenvalue weighted by molar-refractivity contribution is 7.92. The Morgan fingerprint density at radius 1 is 1.30 bits per heavy atom. The molecule has 1 atom stereocenters. The van der Waals surface area contributed by atoms with Crippen LogP contribution in [0.2, 0.25) is 0 Å². The molecular formula is C19H30N2O5S. The highest BCUT2D eigenvalue weighted by Crippen LogP contribution is 2.35. The molecule has 0 aliphatic heterocycles. The average molecular weight is 399 g/mol. The number of benzene rings is 1. The number of carbonyl (C=O) groups excluding carboxylic acids is 1. The van der Waals surface area contributed by atoms with Crippen LogP contribution in [0.5, 0.6) is 5.75 Å². The van der Waals surface area contributed by atoms with Crippen LogP contribution in [-0.4, -0.2) is 45.4 Å². The molecule has 1 aromatic rings. The molecule has 0 radical (unpaired) electrons. The Labute approximate surface area is 161 Å². The van der Waals surface area contributed by atoms with Crippen molar-refractivity contribution in [2.24, 2.45) is 11.3 Å². The van der Waals surface area contributed by atoms with Gasteiger partial charge in [-0.15, -0.1) is 0 Å². The van der Waals surface area contributed by atoms with E-state index in [0.717, 1.165) is 32.1 Å². The summed E-state index contributed by atoms with van der Waals surface area (Å²) in [4.78, 5) is 12.4. The Balaban J connectivity index is 1.90. The van der Waals surface area contributed by atoms with Crippen LogP contribution in [0.4, 0.5) is 5.69 Å². The molecule has 152 valence electrons. The van der Waals surface area contributed by atoms with Crippen LogP contribution in [0, 0.1) is 11.3 Å². The number of amides is 1. The van der Waals surface area contributed by atoms with Crippen molar-refractivity contribution in [3.8, 4) is 5.75 Å². The van der Waals surface area contributed by atoms with Crippen molar-refractivity contribution in [2.75, 3.05) is 30.7 Å². The summed E-state index contributed by atoms with van der Waals surface area (Å²) in [5.74, 6) is -0.790. The average Bonchev–Trinajstić information content (AvgIpc) is 2.66. The smallest absolute Gasteiger partial charge is 0.233 e. The molecule has 2 rings (SSSR count). The van der Waals surface area contributed by atoms with Gasteiger partial charge in [-0.25, -0.2) is 8.42 Å². The van der Waals surface area contributed by atoms with Gasteiger partial charge in [-0.3, -0.25) is 9.52 Å². The molecule has 27 heavy (non-hydrogen) atoms. The van der Waals surface area contributed by atoms with Crippen LogP contribution in [0.3, 0.4) is 0 Å². The number of hydrogen-bond donors (Lipinski definition) is 3. The van der Waals surface area contributed by atoms with Crippen molar-refractivity contribution < 1.29 is 23.1 Å². The Kier molecular flexibility index (Phi) is 7.49. The van der Waals surface area contributed by atoms with E-state index in [4.69, 9.17) is 4.74 Å². The molecule has 1 unspecified atom stereocenters. The van der Waals surface area contributed by atoms with Gasteiger partial charge in [-0.05, 0) is 25.0 Å². The lowest BCUT2D eigenvalue weighted by molar-refractivity contribution is -0.124. The van der Waals surface area contributed by atoms with Crippen LogP contribution in [-0.2, 0) is 14.8 Å². The predicted molar refractivity (Wildman–Crippen MR) is 105 cm³/mol. The topological polar surface area (TPSA) is 105 Å². The monoisotopic (exact) mass is 398 g/mol. The molecule has 1 aromatic carbocycles. The molecule has 1 fully saturated rings. The lowest BCUT2D eigenvalue weighted by atomic mass is 9.74. The fourth-order valence-electron chi connectivity index (χ4n) is 3.45. The van der Waals surface area contributed by atoms with Crippen molar-refractivity contribution in [1.29, 1.82) is 0 Å². The lowest BCUT2D eigenvalue weighted by Gasteiger charge is -2.36. The van der Waals surface area contributed by atoms with E-state index in [1.807, 2.05) is 0 Å². The number of nitrogens with one attached hydrogen (secondary N) is 2. The molecule has 3 N–H and O–H groups in total. The van der Waals surface area contributed by atoms with Crippen molar-refractivity contribution >= 4 is 21.6 Å². The second-order valence-electron chi connectivity index (χ2n) is 7.45. The largest absolute Gasteiger partial charge is 0.497 e. The van der Waals surface area contributed by atoms with E-state index in [-0.39, 0.29) is 23.7 Å². The van der Waals surface area contributed by atoms with E-state index in [9.17, 15) is 18.3 Å². The molecule has 1 saturated carbocycles. The first-order chi connectivity index (χ1) is 12.8. The maximum atomic E-state index is 12.4. The van der Waals surface area contributed by atoms with Gasteiger partial charge in [0.15, 0.2) is 0 Å². The van der Waals surface area contributed by atoms with E-state index in [1.165, 1.54) is 7.11 Å². The summed E-state index contributed by atoms with van der Waals surface area (Å²) < 4.78 is 32.3. The fraction of sp³-hybridized carbons (Fsp3) is 0.632. The minimum absolute atomic E-state index is 0.0390. The zero-order valence-electron chi connectivity index (χ0n) is 16.0. The van der Waals surface area contributed by atoms with Gasteiger partial charge in [0.05, 0.1) is 31.1 Å². The molecule has 0 heterocycles. The number of carbonyl (C=O) groups is 1. The predicted octanol–water partition coefficient (Wildman–Crippen LogP) is 2.13. The number of rotatable bonds is 9. The summed E-state index contributed by atoms with van der Waals surface area (Å²) in [6.45, 7) is 2.01. The molecule has 8 heteroatoms. The number of aliphatic hydroxyl groups is 1. The maximum Gasteiger partial charge on any atom is 0.233 e. The third kappa shape index (κ3) is 6.39. The number of sulfonamides is 1. The van der Waals surface area contributed by atoms with E-state index >= 15 is 0 Å². The van der Waals surface area contributed by atoms with Crippen LogP contribution < -0.4 is 14.8 Å². The quantitative estimate of drug-likeness (QED) is 0.591. The Bertz CT molecular complexity index is 729. The lowest BCUT2D eigenvalue weighted by Crippen LogP contribution is -2.44. The highest BCUT2D eigenvalue weighted by atomic mass is 32.2. The minimum Gasteiger partial charge on any atom is -0.497 e. The third-order valence-corrected chi connectivity index (χ3v) is 6.63. The summed E-state index contributed by atoms with van der Waals surface area (Å²) in [6.07, 6.45) is 5.01. The van der Waals surface area contributed by atoms with Crippen molar-refractivity contribution in [3.63, 3.8) is 0 Å². The van der Waals surface area contributed by atoms with Gasteiger partial charge in [0.2, 0.25) is 15.9 Å². The van der Waals surface area contributed by atoms with Gasteiger partial charge in [-0.2, -0.15) is 0 Å². The summed E-state index contributed by atoms with van der Waals surface area (Å²) in [5.41, 5.74) is 0.120. The zero-order valence-corrected chi connectivity index (χ0v) is 16.8. The summed E-state index contributed by atoms with van der Waals surface area (Å²) >= 11 is 0. The zero-order chi connectivity index (χ0) is 19.9. The molecule has 1 aliphatic rings. The SMILES string of the molecule is COc1cccc(NS(=O)(=O)CC(C)C(=O)NCC2(CO)CCCCC2)c1. The fourth-order valence-corrected chi connectivity index (χ4v) is 4.83. The number of ether oxygens (including phenoxy) is 1. The number of anilines is 1. The van der Waals surface area contributed by atoms with Gasteiger partial charge in [0.25, 0.3) is 0 Å². The van der Waals surface area contributed by atoms with Crippen LogP contribution in [0.15, 0.2) is 24.3 Å². The van der Waals surface area contributed by atoms with Gasteiger partial charge in [0, 0.05) is 18.0 Å². The molecule has 1 amide bonds. The van der Waals surface area contributed by atoms with Crippen molar-refractivity contribution in [3.05, 3.63) is 24.3 Å². The molecular weight excluding hydrogens is 368 g/mol. The summed E-state index contributed by atoms with van der Waals surface area (Å²) in [7, 11) is -2.18. The van der Waals surface area contributed by atoms with Crippen molar-refractivity contribution in [2.45, 2.75) is 39.0 Å². The molecule has 0 bridgehead atoms. The van der Waals surface area contributed by atoms with E-state index in [2.05, 4.69) is 10.0 Å². The van der Waals surface area contributed by atoms with Crippen LogP contribution in [0.1, 0.15) is 39.0 Å². The van der Waals surface area contributed by atoms with E-state index in [0.29, 0.717) is 18.0 Å². The van der Waals surface area contributed by atoms with E-state index in [1.54, 1.807) is 31.2 Å². The molecule has 1 aliphatic carbocycles. The molecule has 0 spiro atoms. The number of hydrogen-bond acceptors (Lipinski definition) is 5. The van der Waals surface area contributed by atoms with Gasteiger partial charge in [-0.1, -0.05) is 32.3 Å². The third-order valence-electron chi connectivity index (χ3n) is 5.15. The Hall–Kier alpha value is -1.80. The van der Waals surface area contributed by atoms with E-state index < -0.39 is 15.9 Å². The maximum absolute atomic E-state index is 12.4. The second-order valence-corrected chi connectivity index (χ2v) is 9.22. The minimum atomic E-state index is -3.68. The Morgan fingerprint density at radius 2 is 2.00 bits per heavy atom. The van der Waals surface area contributed by atoms with Crippen molar-refractivity contribution in [1.82, 2.24) is 5.32 Å². The summed E-state index contributed by atoms with van der Waals surface area (Å²) in [6, 6.07) is 6.61. The second kappa shape index (κ2) is 9.41. The first kappa shape index (κ1) is 21.5. The Morgan fingerprint density at radius 3 is 2.63 bits per heavy atom. The molecule has 7 nitrogen and oxygen atoms in total. The highest BCUT2D eigenvalue weighted by Gasteiger charge is 2.32.